The summed E-state index contributed by atoms with van der Waals surface area (Å²) in [5.74, 6) is -0.654. The highest BCUT2D eigenvalue weighted by molar-refractivity contribution is 7.98. The first-order valence-electron chi connectivity index (χ1n) is 5.84. The van der Waals surface area contributed by atoms with Crippen LogP contribution in [-0.4, -0.2) is 23.8 Å². The number of nitrogens with one attached hydrogen (secondary N) is 1. The van der Waals surface area contributed by atoms with Gasteiger partial charge in [0.2, 0.25) is 5.91 Å². The number of esters is 1. The van der Waals surface area contributed by atoms with Crippen LogP contribution >= 0.6 is 11.8 Å². The van der Waals surface area contributed by atoms with E-state index in [1.807, 2.05) is 30.5 Å². The van der Waals surface area contributed by atoms with Crippen LogP contribution in [0.2, 0.25) is 0 Å². The van der Waals surface area contributed by atoms with Gasteiger partial charge in [-0.1, -0.05) is 12.1 Å². The zero-order valence-corrected chi connectivity index (χ0v) is 11.3. The van der Waals surface area contributed by atoms with E-state index < -0.39 is 5.97 Å². The number of ether oxygens (including phenoxy) is 1. The Kier molecular flexibility index (Phi) is 4.57. The molecule has 1 amide bonds. The number of hydrogen-bond acceptors (Lipinski definition) is 5. The van der Waals surface area contributed by atoms with E-state index in [0.717, 1.165) is 10.5 Å². The van der Waals surface area contributed by atoms with Crippen molar-refractivity contribution in [2.75, 3.05) is 6.26 Å². The summed E-state index contributed by atoms with van der Waals surface area (Å²) < 4.78 is 5.15. The molecule has 6 heteroatoms. The SMILES string of the molecule is CSc1ccc(COC(=O)C2=NNC(=O)CC2)cc1. The Balaban J connectivity index is 1.87. The van der Waals surface area contributed by atoms with Crippen LogP contribution in [0.3, 0.4) is 0 Å². The summed E-state index contributed by atoms with van der Waals surface area (Å²) in [6, 6.07) is 7.80. The predicted molar refractivity (Wildman–Crippen MR) is 72.8 cm³/mol. The lowest BCUT2D eigenvalue weighted by molar-refractivity contribution is -0.137. The van der Waals surface area contributed by atoms with Crippen LogP contribution in [-0.2, 0) is 20.9 Å². The highest BCUT2D eigenvalue weighted by Crippen LogP contribution is 2.15. The second-order valence-electron chi connectivity index (χ2n) is 4.02. The lowest BCUT2D eigenvalue weighted by Gasteiger charge is -2.11. The minimum atomic E-state index is -0.478. The topological polar surface area (TPSA) is 67.8 Å². The van der Waals surface area contributed by atoms with Gasteiger partial charge in [0.05, 0.1) is 0 Å². The predicted octanol–water partition coefficient (Wildman–Crippen LogP) is 1.72. The number of benzene rings is 1. The molecule has 19 heavy (non-hydrogen) atoms. The van der Waals surface area contributed by atoms with E-state index in [9.17, 15) is 9.59 Å². The molecule has 0 spiro atoms. The van der Waals surface area contributed by atoms with Crippen LogP contribution in [0, 0.1) is 0 Å². The molecule has 1 N–H and O–H groups in total. The fourth-order valence-electron chi connectivity index (χ4n) is 1.58. The summed E-state index contributed by atoms with van der Waals surface area (Å²) in [5.41, 5.74) is 3.46. The van der Waals surface area contributed by atoms with E-state index in [1.54, 1.807) is 11.8 Å². The smallest absolute Gasteiger partial charge is 0.354 e. The van der Waals surface area contributed by atoms with Crippen molar-refractivity contribution < 1.29 is 14.3 Å². The normalized spacial score (nSPS) is 14.6. The van der Waals surface area contributed by atoms with Gasteiger partial charge in [-0.3, -0.25) is 4.79 Å². The molecule has 0 radical (unpaired) electrons. The summed E-state index contributed by atoms with van der Waals surface area (Å²) in [6.07, 6.45) is 2.61. The minimum Gasteiger partial charge on any atom is -0.456 e. The number of nitrogens with zero attached hydrogens (tertiary/aromatic N) is 1. The molecular formula is C13H14N2O3S. The van der Waals surface area contributed by atoms with Crippen LogP contribution in [0.25, 0.3) is 0 Å². The quantitative estimate of drug-likeness (QED) is 0.672. The van der Waals surface area contributed by atoms with Gasteiger partial charge in [0.15, 0.2) is 0 Å². The number of rotatable bonds is 4. The zero-order valence-electron chi connectivity index (χ0n) is 10.5. The Morgan fingerprint density at radius 1 is 1.37 bits per heavy atom. The number of hydrazone groups is 1. The van der Waals surface area contributed by atoms with Gasteiger partial charge >= 0.3 is 5.97 Å². The molecule has 1 aromatic rings. The van der Waals surface area contributed by atoms with E-state index in [4.69, 9.17) is 4.74 Å². The van der Waals surface area contributed by atoms with Gasteiger partial charge in [0, 0.05) is 17.7 Å². The van der Waals surface area contributed by atoms with Crippen molar-refractivity contribution in [1.82, 2.24) is 5.43 Å². The molecular weight excluding hydrogens is 264 g/mol. The van der Waals surface area contributed by atoms with Crippen molar-refractivity contribution in [2.24, 2.45) is 5.10 Å². The van der Waals surface area contributed by atoms with Gasteiger partial charge in [-0.2, -0.15) is 5.10 Å². The van der Waals surface area contributed by atoms with Gasteiger partial charge in [-0.25, -0.2) is 10.2 Å². The first kappa shape index (κ1) is 13.6. The van der Waals surface area contributed by atoms with E-state index in [1.165, 1.54) is 0 Å². The summed E-state index contributed by atoms with van der Waals surface area (Å²) in [7, 11) is 0. The Morgan fingerprint density at radius 2 is 2.11 bits per heavy atom. The van der Waals surface area contributed by atoms with Crippen LogP contribution < -0.4 is 5.43 Å². The number of carbonyl (C=O) groups excluding carboxylic acids is 2. The van der Waals surface area contributed by atoms with Gasteiger partial charge in [0.25, 0.3) is 0 Å². The maximum absolute atomic E-state index is 11.7. The van der Waals surface area contributed by atoms with Crippen LogP contribution in [0.15, 0.2) is 34.3 Å². The molecule has 100 valence electrons. The summed E-state index contributed by atoms with van der Waals surface area (Å²) >= 11 is 1.66. The molecule has 0 atom stereocenters. The molecule has 1 aliphatic heterocycles. The average molecular weight is 278 g/mol. The molecule has 0 fully saturated rings. The molecule has 1 aromatic carbocycles. The number of thioether (sulfide) groups is 1. The molecule has 0 saturated heterocycles. The first-order valence-corrected chi connectivity index (χ1v) is 7.07. The van der Waals surface area contributed by atoms with Crippen molar-refractivity contribution in [1.29, 1.82) is 0 Å². The maximum atomic E-state index is 11.7. The van der Waals surface area contributed by atoms with Crippen molar-refractivity contribution >= 4 is 29.4 Å². The Labute approximate surface area is 115 Å². The summed E-state index contributed by atoms with van der Waals surface area (Å²) in [6.45, 7) is 0.209. The van der Waals surface area contributed by atoms with E-state index in [2.05, 4.69) is 10.5 Å². The fourth-order valence-corrected chi connectivity index (χ4v) is 1.98. The third-order valence-electron chi connectivity index (χ3n) is 2.67. The standard InChI is InChI=1S/C13H14N2O3S/c1-19-10-4-2-9(3-5-10)8-18-13(17)11-6-7-12(16)15-14-11/h2-5H,6-8H2,1H3,(H,15,16). The fraction of sp³-hybridized carbons (Fsp3) is 0.308. The highest BCUT2D eigenvalue weighted by atomic mass is 32.2. The van der Waals surface area contributed by atoms with E-state index >= 15 is 0 Å². The lowest BCUT2D eigenvalue weighted by atomic mass is 10.2. The second kappa shape index (κ2) is 6.38. The number of carbonyl (C=O) groups is 2. The van der Waals surface area contributed by atoms with Crippen molar-refractivity contribution in [3.05, 3.63) is 29.8 Å². The molecule has 0 aromatic heterocycles. The molecule has 1 aliphatic rings. The first-order chi connectivity index (χ1) is 9.19. The monoisotopic (exact) mass is 278 g/mol. The molecule has 5 nitrogen and oxygen atoms in total. The largest absolute Gasteiger partial charge is 0.456 e. The third-order valence-corrected chi connectivity index (χ3v) is 3.41. The van der Waals surface area contributed by atoms with Crippen LogP contribution in [0.5, 0.6) is 0 Å². The molecule has 0 unspecified atom stereocenters. The minimum absolute atomic E-state index is 0.177. The van der Waals surface area contributed by atoms with Gasteiger partial charge in [0.1, 0.15) is 12.3 Å². The summed E-state index contributed by atoms with van der Waals surface area (Å²) in [4.78, 5) is 23.8. The number of hydrogen-bond donors (Lipinski definition) is 1. The van der Waals surface area contributed by atoms with Crippen molar-refractivity contribution in [3.63, 3.8) is 0 Å². The number of amides is 1. The van der Waals surface area contributed by atoms with Crippen LogP contribution in [0.4, 0.5) is 0 Å². The summed E-state index contributed by atoms with van der Waals surface area (Å²) in [5, 5.41) is 3.69. The zero-order chi connectivity index (χ0) is 13.7. The maximum Gasteiger partial charge on any atom is 0.354 e. The lowest BCUT2D eigenvalue weighted by Crippen LogP contribution is -2.30. The van der Waals surface area contributed by atoms with E-state index in [-0.39, 0.29) is 24.6 Å². The molecule has 2 rings (SSSR count). The Bertz CT molecular complexity index is 511. The van der Waals surface area contributed by atoms with Gasteiger partial charge in [-0.05, 0) is 24.0 Å². The van der Waals surface area contributed by atoms with Crippen molar-refractivity contribution in [3.8, 4) is 0 Å². The Morgan fingerprint density at radius 3 is 2.68 bits per heavy atom. The highest BCUT2D eigenvalue weighted by Gasteiger charge is 2.19. The third kappa shape index (κ3) is 3.82. The molecule has 0 saturated carbocycles. The second-order valence-corrected chi connectivity index (χ2v) is 4.90. The molecule has 0 bridgehead atoms. The Hall–Kier alpha value is -1.82. The van der Waals surface area contributed by atoms with Gasteiger partial charge in [-0.15, -0.1) is 11.8 Å². The van der Waals surface area contributed by atoms with Gasteiger partial charge < -0.3 is 4.74 Å². The average Bonchev–Trinajstić information content (AvgIpc) is 2.46. The molecule has 1 heterocycles. The van der Waals surface area contributed by atoms with E-state index in [0.29, 0.717) is 6.42 Å². The van der Waals surface area contributed by atoms with Crippen LogP contribution in [0.1, 0.15) is 18.4 Å². The van der Waals surface area contributed by atoms with Crippen molar-refractivity contribution in [2.45, 2.75) is 24.3 Å². The molecule has 0 aliphatic carbocycles.